The van der Waals surface area contributed by atoms with Crippen molar-refractivity contribution in [2.24, 2.45) is 5.73 Å². The van der Waals surface area contributed by atoms with Gasteiger partial charge in [0, 0.05) is 12.1 Å². The Kier molecular flexibility index (Phi) is 3.30. The minimum absolute atomic E-state index is 0.0144. The second-order valence-electron chi connectivity index (χ2n) is 2.93. The van der Waals surface area contributed by atoms with Crippen molar-refractivity contribution in [2.75, 3.05) is 0 Å². The summed E-state index contributed by atoms with van der Waals surface area (Å²) in [6, 6.07) is 5.50. The number of nitrogens with zero attached hydrogens (tertiary/aromatic N) is 1. The van der Waals surface area contributed by atoms with E-state index in [9.17, 15) is 14.9 Å². The Hall–Kier alpha value is -1.75. The van der Waals surface area contributed by atoms with Crippen molar-refractivity contribution >= 4 is 12.0 Å². The maximum atomic E-state index is 10.4. The number of aldehydes is 1. The number of hydrogen-bond donors (Lipinski definition) is 1. The largest absolute Gasteiger partial charge is 0.321 e. The molecule has 0 spiro atoms. The third kappa shape index (κ3) is 2.63. The van der Waals surface area contributed by atoms with Crippen molar-refractivity contribution in [1.82, 2.24) is 0 Å². The van der Waals surface area contributed by atoms with Crippen LogP contribution in [0.2, 0.25) is 0 Å². The second-order valence-corrected chi connectivity index (χ2v) is 2.93. The summed E-state index contributed by atoms with van der Waals surface area (Å²) < 4.78 is 0. The maximum absolute atomic E-state index is 10.4. The lowest BCUT2D eigenvalue weighted by molar-refractivity contribution is -0.384. The number of carbonyl (C=O) groups excluding carboxylic acids is 1. The maximum Gasteiger partial charge on any atom is 0.269 e. The van der Waals surface area contributed by atoms with Gasteiger partial charge in [-0.2, -0.15) is 0 Å². The van der Waals surface area contributed by atoms with E-state index in [4.69, 9.17) is 5.73 Å². The molecule has 5 heteroatoms. The molecule has 5 nitrogen and oxygen atoms in total. The second kappa shape index (κ2) is 4.48. The van der Waals surface area contributed by atoms with Crippen molar-refractivity contribution in [1.29, 1.82) is 0 Å². The smallest absolute Gasteiger partial charge is 0.269 e. The molecule has 1 aromatic carbocycles. The minimum Gasteiger partial charge on any atom is -0.321 e. The van der Waals surface area contributed by atoms with Gasteiger partial charge >= 0.3 is 0 Å². The van der Waals surface area contributed by atoms with Gasteiger partial charge in [0.2, 0.25) is 0 Å². The molecule has 74 valence electrons. The highest BCUT2D eigenvalue weighted by molar-refractivity contribution is 5.58. The van der Waals surface area contributed by atoms with Crippen LogP contribution in [0.25, 0.3) is 0 Å². The zero-order valence-electron chi connectivity index (χ0n) is 7.42. The van der Waals surface area contributed by atoms with E-state index in [0.29, 0.717) is 18.3 Å². The van der Waals surface area contributed by atoms with Gasteiger partial charge in [-0.25, -0.2) is 0 Å². The molecule has 2 N–H and O–H groups in total. The lowest BCUT2D eigenvalue weighted by Crippen LogP contribution is -2.24. The first kappa shape index (κ1) is 10.3. The van der Waals surface area contributed by atoms with Crippen LogP contribution in [0.5, 0.6) is 0 Å². The molecule has 0 bridgehead atoms. The molecule has 1 unspecified atom stereocenters. The Labute approximate surface area is 80.7 Å². The number of non-ortho nitro benzene ring substituents is 1. The summed E-state index contributed by atoms with van der Waals surface area (Å²) in [5, 5.41) is 10.4. The third-order valence-corrected chi connectivity index (χ3v) is 1.77. The van der Waals surface area contributed by atoms with E-state index in [2.05, 4.69) is 0 Å². The zero-order chi connectivity index (χ0) is 10.6. The van der Waals surface area contributed by atoms with Crippen molar-refractivity contribution in [2.45, 2.75) is 12.5 Å². The van der Waals surface area contributed by atoms with Gasteiger partial charge in [0.25, 0.3) is 5.69 Å². The van der Waals surface area contributed by atoms with Crippen LogP contribution in [-0.2, 0) is 11.2 Å². The molecule has 0 saturated heterocycles. The van der Waals surface area contributed by atoms with Gasteiger partial charge in [0.1, 0.15) is 6.29 Å². The van der Waals surface area contributed by atoms with Gasteiger partial charge in [-0.1, -0.05) is 12.1 Å². The van der Waals surface area contributed by atoms with E-state index in [-0.39, 0.29) is 5.69 Å². The van der Waals surface area contributed by atoms with E-state index in [1.165, 1.54) is 12.1 Å². The third-order valence-electron chi connectivity index (χ3n) is 1.77. The molecule has 0 fully saturated rings. The number of benzene rings is 1. The molecular weight excluding hydrogens is 184 g/mol. The van der Waals surface area contributed by atoms with E-state index in [1.807, 2.05) is 0 Å². The first-order valence-electron chi connectivity index (χ1n) is 4.07. The van der Waals surface area contributed by atoms with Crippen molar-refractivity contribution in [3.8, 4) is 0 Å². The monoisotopic (exact) mass is 194 g/mol. The quantitative estimate of drug-likeness (QED) is 0.433. The fourth-order valence-electron chi connectivity index (χ4n) is 1.12. The molecule has 0 heterocycles. The highest BCUT2D eigenvalue weighted by atomic mass is 16.6. The topological polar surface area (TPSA) is 86.2 Å². The first-order valence-corrected chi connectivity index (χ1v) is 4.07. The fraction of sp³-hybridized carbons (Fsp3) is 0.222. The molecule has 1 aromatic rings. The summed E-state index contributed by atoms with van der Waals surface area (Å²) in [5.41, 5.74) is 6.10. The van der Waals surface area contributed by atoms with Gasteiger partial charge in [0.15, 0.2) is 0 Å². The van der Waals surface area contributed by atoms with E-state index >= 15 is 0 Å². The Morgan fingerprint density at radius 3 is 2.86 bits per heavy atom. The predicted octanol–water partition coefficient (Wildman–Crippen LogP) is 0.663. The molecule has 0 saturated carbocycles. The molecule has 0 aliphatic heterocycles. The number of rotatable bonds is 4. The Balaban J connectivity index is 2.83. The highest BCUT2D eigenvalue weighted by Gasteiger charge is 2.07. The van der Waals surface area contributed by atoms with Crippen LogP contribution in [0, 0.1) is 10.1 Å². The average molecular weight is 194 g/mol. The molecule has 0 radical (unpaired) electrons. The summed E-state index contributed by atoms with van der Waals surface area (Å²) in [6.07, 6.45) is 0.948. The van der Waals surface area contributed by atoms with Gasteiger partial charge in [-0.15, -0.1) is 0 Å². The number of nitro groups is 1. The van der Waals surface area contributed by atoms with Crippen LogP contribution in [0.15, 0.2) is 24.3 Å². The minimum atomic E-state index is -0.600. The fourth-order valence-corrected chi connectivity index (χ4v) is 1.12. The standard InChI is InChI=1S/C9H10N2O3/c10-8(6-12)4-7-2-1-3-9(5-7)11(13)14/h1-3,5-6,8H,4,10H2. The number of hydrogen-bond acceptors (Lipinski definition) is 4. The molecule has 0 amide bonds. The van der Waals surface area contributed by atoms with E-state index in [0.717, 1.165) is 0 Å². The molecule has 14 heavy (non-hydrogen) atoms. The van der Waals surface area contributed by atoms with Gasteiger partial charge in [-0.05, 0) is 12.0 Å². The van der Waals surface area contributed by atoms with Crippen molar-refractivity contribution in [3.05, 3.63) is 39.9 Å². The van der Waals surface area contributed by atoms with Gasteiger partial charge < -0.3 is 10.5 Å². The van der Waals surface area contributed by atoms with Gasteiger partial charge in [0.05, 0.1) is 11.0 Å². The van der Waals surface area contributed by atoms with Crippen LogP contribution >= 0.6 is 0 Å². The summed E-state index contributed by atoms with van der Waals surface area (Å²) in [5.74, 6) is 0. The summed E-state index contributed by atoms with van der Waals surface area (Å²) in [7, 11) is 0. The zero-order valence-corrected chi connectivity index (χ0v) is 7.42. The van der Waals surface area contributed by atoms with Gasteiger partial charge in [-0.3, -0.25) is 10.1 Å². The van der Waals surface area contributed by atoms with E-state index in [1.54, 1.807) is 12.1 Å². The van der Waals surface area contributed by atoms with E-state index < -0.39 is 11.0 Å². The molecule has 0 aliphatic rings. The summed E-state index contributed by atoms with van der Waals surface area (Å²) in [6.45, 7) is 0. The molecule has 0 aliphatic carbocycles. The lowest BCUT2D eigenvalue weighted by atomic mass is 10.1. The summed E-state index contributed by atoms with van der Waals surface area (Å²) in [4.78, 5) is 20.2. The first-order chi connectivity index (χ1) is 6.63. The highest BCUT2D eigenvalue weighted by Crippen LogP contribution is 2.13. The number of carbonyl (C=O) groups is 1. The Bertz CT molecular complexity index is 352. The molecule has 0 aromatic heterocycles. The lowest BCUT2D eigenvalue weighted by Gasteiger charge is -2.02. The predicted molar refractivity (Wildman–Crippen MR) is 50.8 cm³/mol. The van der Waals surface area contributed by atoms with Crippen molar-refractivity contribution < 1.29 is 9.72 Å². The summed E-state index contributed by atoms with van der Waals surface area (Å²) >= 11 is 0. The SMILES string of the molecule is NC(C=O)Cc1cccc([N+](=O)[O-])c1. The normalized spacial score (nSPS) is 12.1. The Morgan fingerprint density at radius 2 is 2.29 bits per heavy atom. The average Bonchev–Trinajstić information content (AvgIpc) is 2.18. The molecular formula is C9H10N2O3. The van der Waals surface area contributed by atoms with Crippen LogP contribution in [0.4, 0.5) is 5.69 Å². The molecule has 1 atom stereocenters. The number of nitrogens with two attached hydrogens (primary N) is 1. The molecule has 1 rings (SSSR count). The van der Waals surface area contributed by atoms with Crippen molar-refractivity contribution in [3.63, 3.8) is 0 Å². The van der Waals surface area contributed by atoms with Crippen LogP contribution < -0.4 is 5.73 Å². The van der Waals surface area contributed by atoms with Crippen LogP contribution in [-0.4, -0.2) is 17.3 Å². The Morgan fingerprint density at radius 1 is 1.57 bits per heavy atom. The van der Waals surface area contributed by atoms with Crippen LogP contribution in [0.3, 0.4) is 0 Å². The van der Waals surface area contributed by atoms with Crippen LogP contribution in [0.1, 0.15) is 5.56 Å². The number of nitro benzene ring substituents is 1.